The molecule has 1 heterocycles. The fourth-order valence-electron chi connectivity index (χ4n) is 9.27. The highest BCUT2D eigenvalue weighted by molar-refractivity contribution is 5.85. The van der Waals surface area contributed by atoms with Gasteiger partial charge in [0.15, 0.2) is 5.82 Å². The van der Waals surface area contributed by atoms with Gasteiger partial charge in [-0.05, 0) is 104 Å². The van der Waals surface area contributed by atoms with Crippen molar-refractivity contribution in [3.63, 3.8) is 0 Å². The molecule has 0 fully saturated rings. The molecule has 11 rings (SSSR count). The number of benzene rings is 9. The van der Waals surface area contributed by atoms with Gasteiger partial charge in [0.2, 0.25) is 0 Å². The lowest BCUT2D eigenvalue weighted by Gasteiger charge is -2.26. The molecule has 304 valence electrons. The first kappa shape index (κ1) is 38.8. The van der Waals surface area contributed by atoms with Gasteiger partial charge in [-0.25, -0.2) is 9.97 Å². The molecule has 1 aliphatic carbocycles. The van der Waals surface area contributed by atoms with Gasteiger partial charge in [-0.2, -0.15) is 0 Å². The van der Waals surface area contributed by atoms with Gasteiger partial charge >= 0.3 is 0 Å². The van der Waals surface area contributed by atoms with Crippen molar-refractivity contribution < 1.29 is 0 Å². The van der Waals surface area contributed by atoms with E-state index in [2.05, 4.69) is 237 Å². The Hall–Kier alpha value is -8.14. The maximum absolute atomic E-state index is 5.17. The quantitative estimate of drug-likeness (QED) is 0.145. The topological polar surface area (TPSA) is 29.0 Å². The zero-order valence-corrected chi connectivity index (χ0v) is 35.9. The lowest BCUT2D eigenvalue weighted by atomic mass is 9.82. The zero-order chi connectivity index (χ0) is 43.0. The second kappa shape index (κ2) is 16.3. The third-order valence-electron chi connectivity index (χ3n) is 12.7. The van der Waals surface area contributed by atoms with Crippen molar-refractivity contribution in [1.82, 2.24) is 9.97 Å². The van der Waals surface area contributed by atoms with Crippen LogP contribution in [0.2, 0.25) is 0 Å². The second-order valence-corrected chi connectivity index (χ2v) is 17.0. The number of nitrogens with zero attached hydrogens (tertiary/aromatic N) is 3. The SMILES string of the molecule is CC1(C)c2ccccc2-c2ccc(-c3cc(-c4ccc(-c5ccc(N(c6ccccc6)c6ccc(-c7ccc(-c8ccccc8)cc7)cc6)cc5)cc4)nc(-c4ccccc4)n3)cc21. The third kappa shape index (κ3) is 7.27. The molecule has 0 spiro atoms. The van der Waals surface area contributed by atoms with Gasteiger partial charge in [0.05, 0.1) is 11.4 Å². The second-order valence-electron chi connectivity index (χ2n) is 17.0. The molecule has 0 N–H and O–H groups in total. The van der Waals surface area contributed by atoms with Crippen LogP contribution in [-0.2, 0) is 5.41 Å². The van der Waals surface area contributed by atoms with Crippen molar-refractivity contribution in [3.05, 3.63) is 248 Å². The molecule has 9 aromatic carbocycles. The molecule has 1 aromatic heterocycles. The summed E-state index contributed by atoms with van der Waals surface area (Å²) < 4.78 is 0. The molecule has 0 amide bonds. The van der Waals surface area contributed by atoms with Crippen LogP contribution in [0.5, 0.6) is 0 Å². The molecule has 0 radical (unpaired) electrons. The highest BCUT2D eigenvalue weighted by Crippen LogP contribution is 2.49. The largest absolute Gasteiger partial charge is 0.311 e. The van der Waals surface area contributed by atoms with E-state index in [4.69, 9.17) is 9.97 Å². The molecule has 0 aliphatic heterocycles. The summed E-state index contributed by atoms with van der Waals surface area (Å²) in [6, 6.07) is 84.4. The predicted octanol–water partition coefficient (Wildman–Crippen LogP) is 16.3. The van der Waals surface area contributed by atoms with E-state index in [1.807, 2.05) is 18.2 Å². The van der Waals surface area contributed by atoms with E-state index >= 15 is 0 Å². The maximum atomic E-state index is 5.17. The summed E-state index contributed by atoms with van der Waals surface area (Å²) >= 11 is 0. The predicted molar refractivity (Wildman–Crippen MR) is 267 cm³/mol. The Morgan fingerprint density at radius 2 is 0.672 bits per heavy atom. The number of fused-ring (bicyclic) bond motifs is 3. The highest BCUT2D eigenvalue weighted by atomic mass is 15.1. The van der Waals surface area contributed by atoms with E-state index in [0.717, 1.165) is 56.3 Å². The Kier molecular flexibility index (Phi) is 9.86. The van der Waals surface area contributed by atoms with Crippen LogP contribution in [0.25, 0.3) is 78.4 Å². The fourth-order valence-corrected chi connectivity index (χ4v) is 9.27. The average molecular weight is 820 g/mol. The van der Waals surface area contributed by atoms with Gasteiger partial charge in [0.25, 0.3) is 0 Å². The normalized spacial score (nSPS) is 12.3. The lowest BCUT2D eigenvalue weighted by Crippen LogP contribution is -2.14. The van der Waals surface area contributed by atoms with Gasteiger partial charge in [-0.3, -0.25) is 0 Å². The van der Waals surface area contributed by atoms with Gasteiger partial charge in [-0.1, -0.05) is 202 Å². The summed E-state index contributed by atoms with van der Waals surface area (Å²) in [5, 5.41) is 0. The molecule has 0 atom stereocenters. The van der Waals surface area contributed by atoms with Crippen molar-refractivity contribution in [2.75, 3.05) is 4.90 Å². The Bertz CT molecular complexity index is 3230. The van der Waals surface area contributed by atoms with Crippen molar-refractivity contribution in [2.24, 2.45) is 0 Å². The van der Waals surface area contributed by atoms with E-state index in [1.54, 1.807) is 0 Å². The highest BCUT2D eigenvalue weighted by Gasteiger charge is 2.35. The Morgan fingerprint density at radius 1 is 0.297 bits per heavy atom. The summed E-state index contributed by atoms with van der Waals surface area (Å²) in [5.74, 6) is 0.714. The molecule has 0 unspecified atom stereocenters. The van der Waals surface area contributed by atoms with Crippen LogP contribution in [0, 0.1) is 0 Å². The van der Waals surface area contributed by atoms with Gasteiger partial charge in [-0.15, -0.1) is 0 Å². The van der Waals surface area contributed by atoms with E-state index in [-0.39, 0.29) is 5.41 Å². The first-order chi connectivity index (χ1) is 31.5. The zero-order valence-electron chi connectivity index (χ0n) is 35.9. The van der Waals surface area contributed by atoms with Gasteiger partial charge in [0.1, 0.15) is 0 Å². The number of hydrogen-bond acceptors (Lipinski definition) is 3. The minimum Gasteiger partial charge on any atom is -0.311 e. The van der Waals surface area contributed by atoms with E-state index in [9.17, 15) is 0 Å². The summed E-state index contributed by atoms with van der Waals surface area (Å²) in [4.78, 5) is 12.6. The third-order valence-corrected chi connectivity index (χ3v) is 12.7. The fraction of sp³-hybridized carbons (Fsp3) is 0.0492. The molecular formula is C61H45N3. The first-order valence-corrected chi connectivity index (χ1v) is 22.0. The molecule has 1 aliphatic rings. The smallest absolute Gasteiger partial charge is 0.160 e. The number of rotatable bonds is 9. The number of anilines is 3. The van der Waals surface area contributed by atoms with E-state index in [1.165, 1.54) is 44.5 Å². The summed E-state index contributed by atoms with van der Waals surface area (Å²) in [5.41, 5.74) is 20.5. The number of para-hydroxylation sites is 1. The van der Waals surface area contributed by atoms with Crippen LogP contribution in [0.1, 0.15) is 25.0 Å². The minimum atomic E-state index is -0.100. The maximum Gasteiger partial charge on any atom is 0.160 e. The van der Waals surface area contributed by atoms with Crippen LogP contribution in [-0.4, -0.2) is 9.97 Å². The van der Waals surface area contributed by atoms with E-state index < -0.39 is 0 Å². The molecule has 3 heteroatoms. The Balaban J connectivity index is 0.879. The van der Waals surface area contributed by atoms with Crippen LogP contribution in [0.3, 0.4) is 0 Å². The number of aromatic nitrogens is 2. The van der Waals surface area contributed by atoms with Crippen LogP contribution in [0.4, 0.5) is 17.1 Å². The summed E-state index contributed by atoms with van der Waals surface area (Å²) in [6.45, 7) is 4.64. The molecular weight excluding hydrogens is 775 g/mol. The van der Waals surface area contributed by atoms with Crippen molar-refractivity contribution in [1.29, 1.82) is 0 Å². The monoisotopic (exact) mass is 819 g/mol. The van der Waals surface area contributed by atoms with Gasteiger partial charge < -0.3 is 4.90 Å². The van der Waals surface area contributed by atoms with Crippen molar-refractivity contribution in [3.8, 4) is 78.4 Å². The first-order valence-electron chi connectivity index (χ1n) is 22.0. The molecule has 64 heavy (non-hydrogen) atoms. The van der Waals surface area contributed by atoms with Crippen molar-refractivity contribution in [2.45, 2.75) is 19.3 Å². The number of hydrogen-bond donors (Lipinski definition) is 0. The standard InChI is InChI=1S/C61H45N3/c1-61(2)56-21-13-12-20-54(56)55-39-34-50(40-57(55)61)59-41-58(62-60(63-59)49-16-8-4-9-17-49)48-28-26-45(27-29-48)47-32-37-53(38-33-47)64(51-18-10-5-11-19-51)52-35-30-46(31-36-52)44-24-22-43(23-25-44)42-14-6-3-7-15-42/h3-41H,1-2H3. The van der Waals surface area contributed by atoms with Crippen LogP contribution < -0.4 is 4.90 Å². The molecule has 10 aromatic rings. The van der Waals surface area contributed by atoms with E-state index in [0.29, 0.717) is 5.82 Å². The Labute approximate surface area is 375 Å². The average Bonchev–Trinajstić information content (AvgIpc) is 3.60. The summed E-state index contributed by atoms with van der Waals surface area (Å²) in [6.07, 6.45) is 0. The van der Waals surface area contributed by atoms with Crippen LogP contribution >= 0.6 is 0 Å². The molecule has 0 saturated heterocycles. The van der Waals surface area contributed by atoms with Gasteiger partial charge in [0, 0.05) is 39.2 Å². The lowest BCUT2D eigenvalue weighted by molar-refractivity contribution is 0.660. The molecule has 3 nitrogen and oxygen atoms in total. The summed E-state index contributed by atoms with van der Waals surface area (Å²) in [7, 11) is 0. The van der Waals surface area contributed by atoms with Crippen LogP contribution in [0.15, 0.2) is 237 Å². The molecule has 0 saturated carbocycles. The Morgan fingerprint density at radius 3 is 1.22 bits per heavy atom. The molecule has 0 bridgehead atoms. The minimum absolute atomic E-state index is 0.100. The van der Waals surface area contributed by atoms with Crippen molar-refractivity contribution >= 4 is 17.1 Å².